The Morgan fingerprint density at radius 3 is 2.71 bits per heavy atom. The lowest BCUT2D eigenvalue weighted by molar-refractivity contribution is -0.137. The highest BCUT2D eigenvalue weighted by atomic mass is 19.1. The monoisotopic (exact) mass is 331 g/mol. The van der Waals surface area contributed by atoms with Gasteiger partial charge in [0.15, 0.2) is 0 Å². The molecule has 0 aliphatic carbocycles. The number of fused-ring (bicyclic) bond motifs is 1. The summed E-state index contributed by atoms with van der Waals surface area (Å²) in [5.41, 5.74) is 4.33. The van der Waals surface area contributed by atoms with Gasteiger partial charge < -0.3 is 10.4 Å². The molecule has 6 heteroatoms. The van der Waals surface area contributed by atoms with Gasteiger partial charge in [0, 0.05) is 37.1 Å². The Morgan fingerprint density at radius 2 is 1.96 bits per heavy atom. The van der Waals surface area contributed by atoms with Crippen molar-refractivity contribution in [2.45, 2.75) is 38.6 Å². The van der Waals surface area contributed by atoms with Crippen LogP contribution in [0.2, 0.25) is 0 Å². The highest BCUT2D eigenvalue weighted by molar-refractivity contribution is 5.66. The average molecular weight is 331 g/mol. The summed E-state index contributed by atoms with van der Waals surface area (Å²) < 4.78 is 15.2. The predicted octanol–water partition coefficient (Wildman–Crippen LogP) is 2.63. The van der Waals surface area contributed by atoms with Crippen molar-refractivity contribution in [1.29, 1.82) is 0 Å². The Bertz CT molecular complexity index is 710. The molecule has 0 unspecified atom stereocenters. The van der Waals surface area contributed by atoms with Crippen molar-refractivity contribution in [2.75, 3.05) is 13.1 Å². The van der Waals surface area contributed by atoms with Gasteiger partial charge in [0.1, 0.15) is 5.82 Å². The first-order chi connectivity index (χ1) is 11.6. The molecule has 5 nitrogen and oxygen atoms in total. The van der Waals surface area contributed by atoms with Crippen LogP contribution in [0.4, 0.5) is 4.39 Å². The van der Waals surface area contributed by atoms with Gasteiger partial charge in [-0.3, -0.25) is 9.48 Å². The van der Waals surface area contributed by atoms with Gasteiger partial charge in [-0.05, 0) is 50.1 Å². The third-order valence-corrected chi connectivity index (χ3v) is 4.35. The molecule has 0 radical (unpaired) electrons. The quantitative estimate of drug-likeness (QED) is 0.799. The highest BCUT2D eigenvalue weighted by Crippen LogP contribution is 2.29. The van der Waals surface area contributed by atoms with Gasteiger partial charge in [-0.2, -0.15) is 5.10 Å². The van der Waals surface area contributed by atoms with E-state index in [1.54, 1.807) is 12.1 Å². The summed E-state index contributed by atoms with van der Waals surface area (Å²) in [4.78, 5) is 10.7. The van der Waals surface area contributed by atoms with Gasteiger partial charge >= 0.3 is 5.97 Å². The fraction of sp³-hybridized carbons (Fsp3) is 0.444. The predicted molar refractivity (Wildman–Crippen MR) is 89.4 cm³/mol. The number of hydrogen-bond donors (Lipinski definition) is 2. The fourth-order valence-corrected chi connectivity index (χ4v) is 3.19. The number of hydrogen-bond acceptors (Lipinski definition) is 3. The average Bonchev–Trinajstić information content (AvgIpc) is 2.74. The summed E-state index contributed by atoms with van der Waals surface area (Å²) in [6.45, 7) is 2.50. The molecule has 0 saturated heterocycles. The molecule has 2 aromatic rings. The van der Waals surface area contributed by atoms with E-state index in [0.29, 0.717) is 13.0 Å². The maximum Gasteiger partial charge on any atom is 0.303 e. The Balaban J connectivity index is 1.89. The molecule has 0 atom stereocenters. The summed E-state index contributed by atoms with van der Waals surface area (Å²) in [6.07, 6.45) is 3.35. The number of unbranched alkanes of at least 4 members (excludes halogenated alkanes) is 1. The number of carboxylic acids is 1. The minimum atomic E-state index is -0.768. The van der Waals surface area contributed by atoms with Crippen molar-refractivity contribution in [3.63, 3.8) is 0 Å². The minimum Gasteiger partial charge on any atom is -0.481 e. The van der Waals surface area contributed by atoms with E-state index in [4.69, 9.17) is 10.2 Å². The number of nitrogens with zero attached hydrogens (tertiary/aromatic N) is 2. The highest BCUT2D eigenvalue weighted by Gasteiger charge is 2.20. The first kappa shape index (κ1) is 16.6. The van der Waals surface area contributed by atoms with E-state index in [2.05, 4.69) is 5.32 Å². The van der Waals surface area contributed by atoms with Crippen LogP contribution in [0.15, 0.2) is 24.3 Å². The zero-order chi connectivity index (χ0) is 16.9. The Kier molecular flexibility index (Phi) is 5.25. The van der Waals surface area contributed by atoms with Crippen LogP contribution in [0.3, 0.4) is 0 Å². The first-order valence-electron chi connectivity index (χ1n) is 8.42. The summed E-state index contributed by atoms with van der Waals surface area (Å²) in [7, 11) is 0. The molecule has 2 heterocycles. The fourth-order valence-electron chi connectivity index (χ4n) is 3.19. The molecule has 0 fully saturated rings. The van der Waals surface area contributed by atoms with E-state index in [9.17, 15) is 9.18 Å². The second-order valence-electron chi connectivity index (χ2n) is 6.10. The molecule has 1 aromatic heterocycles. The molecule has 2 N–H and O–H groups in total. The van der Waals surface area contributed by atoms with Crippen molar-refractivity contribution >= 4 is 5.97 Å². The molecular formula is C18H22FN3O2. The number of benzene rings is 1. The molecule has 0 bridgehead atoms. The smallest absolute Gasteiger partial charge is 0.303 e. The van der Waals surface area contributed by atoms with E-state index in [1.807, 2.05) is 4.68 Å². The van der Waals surface area contributed by atoms with Crippen LogP contribution in [0.25, 0.3) is 11.3 Å². The second-order valence-corrected chi connectivity index (χ2v) is 6.10. The molecule has 0 amide bonds. The number of aromatic nitrogens is 2. The minimum absolute atomic E-state index is 0.177. The first-order valence-corrected chi connectivity index (χ1v) is 8.42. The van der Waals surface area contributed by atoms with Gasteiger partial charge in [0.2, 0.25) is 0 Å². The van der Waals surface area contributed by atoms with E-state index in [-0.39, 0.29) is 12.2 Å². The lowest BCUT2D eigenvalue weighted by Gasteiger charge is -2.10. The largest absolute Gasteiger partial charge is 0.481 e. The molecular weight excluding hydrogens is 309 g/mol. The van der Waals surface area contributed by atoms with E-state index < -0.39 is 5.97 Å². The third kappa shape index (κ3) is 3.82. The molecule has 1 aliphatic heterocycles. The molecule has 1 aromatic carbocycles. The van der Waals surface area contributed by atoms with Crippen molar-refractivity contribution < 1.29 is 14.3 Å². The lowest BCUT2D eigenvalue weighted by Crippen LogP contribution is -2.17. The van der Waals surface area contributed by atoms with Gasteiger partial charge in [-0.25, -0.2) is 4.39 Å². The van der Waals surface area contributed by atoms with Gasteiger partial charge in [-0.1, -0.05) is 0 Å². The Labute approximate surface area is 140 Å². The Hall–Kier alpha value is -2.21. The lowest BCUT2D eigenvalue weighted by atomic mass is 10.0. The molecule has 3 rings (SSSR count). The number of halogens is 1. The molecule has 0 saturated carbocycles. The van der Waals surface area contributed by atoms with Crippen molar-refractivity contribution in [1.82, 2.24) is 15.1 Å². The van der Waals surface area contributed by atoms with Gasteiger partial charge in [-0.15, -0.1) is 0 Å². The Morgan fingerprint density at radius 1 is 1.21 bits per heavy atom. The standard InChI is InChI=1S/C18H22FN3O2/c19-14-6-4-13(5-7-14)18-15-8-10-20-11-9-16(15)21-22(18)12-2-1-3-17(23)24/h4-7,20H,1-3,8-12H2,(H,23,24). The molecule has 0 spiro atoms. The van der Waals surface area contributed by atoms with E-state index in [0.717, 1.165) is 49.3 Å². The summed E-state index contributed by atoms with van der Waals surface area (Å²) >= 11 is 0. The van der Waals surface area contributed by atoms with Crippen LogP contribution in [0.1, 0.15) is 30.5 Å². The maximum atomic E-state index is 13.3. The number of carboxylic acid groups (broad SMARTS) is 1. The van der Waals surface area contributed by atoms with Crippen LogP contribution < -0.4 is 5.32 Å². The molecule has 1 aliphatic rings. The van der Waals surface area contributed by atoms with Crippen LogP contribution in [-0.2, 0) is 24.2 Å². The van der Waals surface area contributed by atoms with Crippen molar-refractivity contribution in [2.24, 2.45) is 0 Å². The zero-order valence-electron chi connectivity index (χ0n) is 13.6. The number of rotatable bonds is 6. The number of nitrogens with one attached hydrogen (secondary N) is 1. The topological polar surface area (TPSA) is 67.1 Å². The summed E-state index contributed by atoms with van der Waals surface area (Å²) in [5, 5.41) is 16.9. The van der Waals surface area contributed by atoms with Crippen LogP contribution in [0, 0.1) is 5.82 Å². The second kappa shape index (κ2) is 7.57. The SMILES string of the molecule is O=C(O)CCCCn1nc2c(c1-c1ccc(F)cc1)CCNCC2. The van der Waals surface area contributed by atoms with E-state index in [1.165, 1.54) is 17.7 Å². The summed E-state index contributed by atoms with van der Waals surface area (Å²) in [6, 6.07) is 6.52. The van der Waals surface area contributed by atoms with Gasteiger partial charge in [0.05, 0.1) is 11.4 Å². The number of aryl methyl sites for hydroxylation is 1. The number of aliphatic carboxylic acids is 1. The number of carbonyl (C=O) groups is 1. The third-order valence-electron chi connectivity index (χ3n) is 4.35. The van der Waals surface area contributed by atoms with Crippen LogP contribution in [-0.4, -0.2) is 33.9 Å². The van der Waals surface area contributed by atoms with Crippen molar-refractivity contribution in [3.8, 4) is 11.3 Å². The van der Waals surface area contributed by atoms with Crippen molar-refractivity contribution in [3.05, 3.63) is 41.3 Å². The van der Waals surface area contributed by atoms with Gasteiger partial charge in [0.25, 0.3) is 0 Å². The van der Waals surface area contributed by atoms with Crippen LogP contribution >= 0.6 is 0 Å². The van der Waals surface area contributed by atoms with E-state index >= 15 is 0 Å². The molecule has 128 valence electrons. The zero-order valence-corrected chi connectivity index (χ0v) is 13.6. The van der Waals surface area contributed by atoms with Crippen LogP contribution in [0.5, 0.6) is 0 Å². The molecule has 24 heavy (non-hydrogen) atoms. The summed E-state index contributed by atoms with van der Waals surface area (Å²) in [5.74, 6) is -1.02. The normalized spacial score (nSPS) is 14.2. The maximum absolute atomic E-state index is 13.3.